The molecule has 0 aromatic heterocycles. The molecule has 0 fully saturated rings. The molecule has 0 saturated carbocycles. The number of carbonyl (C=O) groups excluding carboxylic acids is 1. The summed E-state index contributed by atoms with van der Waals surface area (Å²) in [5.41, 5.74) is 2.65. The van der Waals surface area contributed by atoms with Crippen molar-refractivity contribution < 1.29 is 4.79 Å². The normalized spacial score (nSPS) is 10.9. The van der Waals surface area contributed by atoms with E-state index in [1.165, 1.54) is 6.08 Å². The largest absolute Gasteiger partial charge is 0.322 e. The van der Waals surface area contributed by atoms with Crippen molar-refractivity contribution in [3.05, 3.63) is 67.2 Å². The maximum atomic E-state index is 11.9. The molecule has 0 spiro atoms. The highest BCUT2D eigenvalue weighted by atomic mass is 127. The molecule has 0 heterocycles. The van der Waals surface area contributed by atoms with Crippen LogP contribution in [0.25, 0.3) is 6.08 Å². The molecule has 0 bridgehead atoms. The first kappa shape index (κ1) is 16.3. The van der Waals surface area contributed by atoms with Crippen LogP contribution in [-0.4, -0.2) is 5.91 Å². The highest BCUT2D eigenvalue weighted by molar-refractivity contribution is 14.1. The van der Waals surface area contributed by atoms with Crippen LogP contribution in [0.2, 0.25) is 10.0 Å². The van der Waals surface area contributed by atoms with Gasteiger partial charge in [0.05, 0.1) is 10.0 Å². The van der Waals surface area contributed by atoms with Crippen molar-refractivity contribution in [2.24, 2.45) is 0 Å². The lowest BCUT2D eigenvalue weighted by Crippen LogP contribution is -2.08. The number of halogens is 3. The third-order valence-electron chi connectivity index (χ3n) is 2.82. The number of rotatable bonds is 3. The molecule has 0 unspecified atom stereocenters. The fourth-order valence-electron chi connectivity index (χ4n) is 1.73. The smallest absolute Gasteiger partial charge is 0.248 e. The van der Waals surface area contributed by atoms with Crippen molar-refractivity contribution in [3.8, 4) is 0 Å². The summed E-state index contributed by atoms with van der Waals surface area (Å²) in [6.07, 6.45) is 3.16. The first-order valence-electron chi connectivity index (χ1n) is 6.16. The number of benzene rings is 2. The van der Waals surface area contributed by atoms with Crippen molar-refractivity contribution in [1.82, 2.24) is 0 Å². The Balaban J connectivity index is 2.07. The van der Waals surface area contributed by atoms with Gasteiger partial charge in [-0.15, -0.1) is 0 Å². The van der Waals surface area contributed by atoms with E-state index in [-0.39, 0.29) is 5.91 Å². The van der Waals surface area contributed by atoms with E-state index in [1.807, 2.05) is 25.1 Å². The summed E-state index contributed by atoms with van der Waals surface area (Å²) >= 11 is 14.0. The molecule has 2 nitrogen and oxygen atoms in total. The lowest BCUT2D eigenvalue weighted by Gasteiger charge is -2.06. The number of amides is 1. The Bertz CT molecular complexity index is 713. The Morgan fingerprint density at radius 3 is 2.57 bits per heavy atom. The summed E-state index contributed by atoms with van der Waals surface area (Å²) in [7, 11) is 0. The third kappa shape index (κ3) is 4.73. The maximum absolute atomic E-state index is 11.9. The van der Waals surface area contributed by atoms with E-state index in [2.05, 4.69) is 27.9 Å². The highest BCUT2D eigenvalue weighted by Crippen LogP contribution is 2.23. The van der Waals surface area contributed by atoms with Gasteiger partial charge < -0.3 is 5.32 Å². The molecule has 0 saturated heterocycles. The zero-order chi connectivity index (χ0) is 15.4. The highest BCUT2D eigenvalue weighted by Gasteiger charge is 2.02. The van der Waals surface area contributed by atoms with Crippen LogP contribution >= 0.6 is 45.8 Å². The zero-order valence-electron chi connectivity index (χ0n) is 11.2. The SMILES string of the molecule is Cc1cc(I)ccc1NC(=O)C=Cc1ccc(Cl)c(Cl)c1. The second kappa shape index (κ2) is 7.29. The molecular weight excluding hydrogens is 420 g/mol. The molecular formula is C16H12Cl2INO. The second-order valence-corrected chi connectivity index (χ2v) is 6.52. The molecule has 2 rings (SSSR count). The summed E-state index contributed by atoms with van der Waals surface area (Å²) in [6.45, 7) is 1.96. The average Bonchev–Trinajstić information content (AvgIpc) is 2.43. The molecule has 0 aliphatic heterocycles. The van der Waals surface area contributed by atoms with Crippen LogP contribution in [-0.2, 0) is 4.79 Å². The summed E-state index contributed by atoms with van der Waals surface area (Å²) in [5, 5.41) is 3.80. The van der Waals surface area contributed by atoms with E-state index in [1.54, 1.807) is 24.3 Å². The van der Waals surface area contributed by atoms with Crippen LogP contribution in [0, 0.1) is 10.5 Å². The van der Waals surface area contributed by atoms with Crippen molar-refractivity contribution in [2.45, 2.75) is 6.92 Å². The molecule has 0 atom stereocenters. The van der Waals surface area contributed by atoms with Crippen molar-refractivity contribution in [2.75, 3.05) is 5.32 Å². The minimum absolute atomic E-state index is 0.189. The number of anilines is 1. The number of carbonyl (C=O) groups is 1. The van der Waals surface area contributed by atoms with Gasteiger partial charge in [0.25, 0.3) is 0 Å². The van der Waals surface area contributed by atoms with Gasteiger partial charge in [-0.05, 0) is 77.0 Å². The van der Waals surface area contributed by atoms with Gasteiger partial charge in [-0.25, -0.2) is 0 Å². The van der Waals surface area contributed by atoms with Crippen LogP contribution in [0.4, 0.5) is 5.69 Å². The second-order valence-electron chi connectivity index (χ2n) is 4.46. The van der Waals surface area contributed by atoms with Gasteiger partial charge in [-0.3, -0.25) is 4.79 Å². The first-order valence-corrected chi connectivity index (χ1v) is 7.99. The monoisotopic (exact) mass is 431 g/mol. The summed E-state index contributed by atoms with van der Waals surface area (Å²) in [5.74, 6) is -0.189. The van der Waals surface area contributed by atoms with Gasteiger partial charge in [0, 0.05) is 15.3 Å². The van der Waals surface area contributed by atoms with Crippen LogP contribution in [0.3, 0.4) is 0 Å². The topological polar surface area (TPSA) is 29.1 Å². The molecule has 1 N–H and O–H groups in total. The van der Waals surface area contributed by atoms with Crippen LogP contribution in [0.15, 0.2) is 42.5 Å². The summed E-state index contributed by atoms with van der Waals surface area (Å²) in [4.78, 5) is 11.9. The lowest BCUT2D eigenvalue weighted by atomic mass is 10.2. The predicted molar refractivity (Wildman–Crippen MR) is 98.0 cm³/mol. The van der Waals surface area contributed by atoms with Gasteiger partial charge in [0.15, 0.2) is 0 Å². The van der Waals surface area contributed by atoms with E-state index in [9.17, 15) is 4.79 Å². The Labute approximate surface area is 147 Å². The van der Waals surface area contributed by atoms with E-state index < -0.39 is 0 Å². The number of hydrogen-bond acceptors (Lipinski definition) is 1. The minimum Gasteiger partial charge on any atom is -0.322 e. The molecule has 0 radical (unpaired) electrons. The first-order chi connectivity index (χ1) is 9.95. The molecule has 0 aliphatic rings. The molecule has 0 aliphatic carbocycles. The van der Waals surface area contributed by atoms with Gasteiger partial charge >= 0.3 is 0 Å². The molecule has 1 amide bonds. The maximum Gasteiger partial charge on any atom is 0.248 e. The van der Waals surface area contributed by atoms with Crippen molar-refractivity contribution >= 4 is 63.5 Å². The Hall–Kier alpha value is -1.04. The molecule has 21 heavy (non-hydrogen) atoms. The lowest BCUT2D eigenvalue weighted by molar-refractivity contribution is -0.111. The van der Waals surface area contributed by atoms with Gasteiger partial charge in [-0.1, -0.05) is 29.3 Å². The van der Waals surface area contributed by atoms with E-state index in [0.717, 1.165) is 20.4 Å². The Morgan fingerprint density at radius 2 is 1.90 bits per heavy atom. The number of hydrogen-bond donors (Lipinski definition) is 1. The van der Waals surface area contributed by atoms with E-state index in [4.69, 9.17) is 23.2 Å². The molecule has 2 aromatic rings. The fourth-order valence-corrected chi connectivity index (χ4v) is 2.68. The quantitative estimate of drug-likeness (QED) is 0.500. The zero-order valence-corrected chi connectivity index (χ0v) is 14.8. The number of aryl methyl sites for hydroxylation is 1. The standard InChI is InChI=1S/C16H12Cl2INO/c1-10-8-12(19)4-6-15(10)20-16(21)7-3-11-2-5-13(17)14(18)9-11/h2-9H,1H3,(H,20,21). The minimum atomic E-state index is -0.189. The Kier molecular flexibility index (Phi) is 5.67. The van der Waals surface area contributed by atoms with Crippen molar-refractivity contribution in [1.29, 1.82) is 0 Å². The van der Waals surface area contributed by atoms with Gasteiger partial charge in [0.2, 0.25) is 5.91 Å². The predicted octanol–water partition coefficient (Wildman–Crippen LogP) is 5.56. The third-order valence-corrected chi connectivity index (χ3v) is 4.23. The molecule has 2 aromatic carbocycles. The Morgan fingerprint density at radius 1 is 1.14 bits per heavy atom. The number of nitrogens with one attached hydrogen (secondary N) is 1. The van der Waals surface area contributed by atoms with Crippen LogP contribution in [0.5, 0.6) is 0 Å². The van der Waals surface area contributed by atoms with Crippen LogP contribution in [0.1, 0.15) is 11.1 Å². The van der Waals surface area contributed by atoms with Crippen molar-refractivity contribution in [3.63, 3.8) is 0 Å². The van der Waals surface area contributed by atoms with E-state index >= 15 is 0 Å². The van der Waals surface area contributed by atoms with Crippen LogP contribution < -0.4 is 5.32 Å². The summed E-state index contributed by atoms with van der Waals surface area (Å²) < 4.78 is 1.13. The molecule has 108 valence electrons. The molecule has 5 heteroatoms. The average molecular weight is 432 g/mol. The summed E-state index contributed by atoms with van der Waals surface area (Å²) in [6, 6.07) is 11.1. The van der Waals surface area contributed by atoms with Gasteiger partial charge in [-0.2, -0.15) is 0 Å². The van der Waals surface area contributed by atoms with Gasteiger partial charge in [0.1, 0.15) is 0 Å². The fraction of sp³-hybridized carbons (Fsp3) is 0.0625. The van der Waals surface area contributed by atoms with E-state index in [0.29, 0.717) is 10.0 Å².